The van der Waals surface area contributed by atoms with Crippen LogP contribution in [0.4, 0.5) is 0 Å². The number of allylic oxidation sites excluding steroid dienone is 8. The Morgan fingerprint density at radius 2 is 0.798 bits per heavy atom. The van der Waals surface area contributed by atoms with Crippen LogP contribution in [0.25, 0.3) is 12.2 Å². The Kier molecular flexibility index (Phi) is 37.2. The van der Waals surface area contributed by atoms with Crippen molar-refractivity contribution in [2.45, 2.75) is 318 Å². The summed E-state index contributed by atoms with van der Waals surface area (Å²) in [5, 5.41) is 11.0. The molecule has 6 fully saturated rings. The van der Waals surface area contributed by atoms with E-state index >= 15 is 0 Å². The molecule has 0 unspecified atom stereocenters. The molecule has 22 heteroatoms. The average molecular weight is 1760 g/mol. The fourth-order valence-electron chi connectivity index (χ4n) is 16.8. The minimum Gasteiger partial charge on any atom is -0.481 e. The maximum absolute atomic E-state index is 13.0. The summed E-state index contributed by atoms with van der Waals surface area (Å²) in [5.41, 5.74) is 12.4. The van der Waals surface area contributed by atoms with Gasteiger partial charge in [0.15, 0.2) is 0 Å². The lowest BCUT2D eigenvalue weighted by Crippen LogP contribution is -2.42. The number of hydrogen-bond acceptors (Lipinski definition) is 12. The van der Waals surface area contributed by atoms with Gasteiger partial charge in [0.1, 0.15) is 0 Å². The molecule has 0 aromatic heterocycles. The number of benzene rings is 3. The van der Waals surface area contributed by atoms with Crippen LogP contribution < -0.4 is 0 Å². The summed E-state index contributed by atoms with van der Waals surface area (Å²) in [6.45, 7) is 46.6. The van der Waals surface area contributed by atoms with E-state index in [0.717, 1.165) is 74.1 Å². The third kappa shape index (κ3) is 27.4. The van der Waals surface area contributed by atoms with Crippen LogP contribution in [0.5, 0.6) is 0 Å². The van der Waals surface area contributed by atoms with E-state index in [0.29, 0.717) is 55.6 Å². The number of halogens is 4. The van der Waals surface area contributed by atoms with Crippen molar-refractivity contribution in [2.75, 3.05) is 32.8 Å². The van der Waals surface area contributed by atoms with Crippen LogP contribution in [-0.4, -0.2) is 125 Å². The number of ether oxygens (including phenoxy) is 2. The van der Waals surface area contributed by atoms with Crippen LogP contribution in [0.2, 0.25) is 15.1 Å². The van der Waals surface area contributed by atoms with E-state index in [1.807, 2.05) is 67.9 Å². The van der Waals surface area contributed by atoms with Gasteiger partial charge in [-0.1, -0.05) is 186 Å². The molecule has 2 saturated heterocycles. The summed E-state index contributed by atoms with van der Waals surface area (Å²) in [4.78, 5) is 77.7. The van der Waals surface area contributed by atoms with Gasteiger partial charge in [0.25, 0.3) is 0 Å². The second-order valence-electron chi connectivity index (χ2n) is 36.6. The highest BCUT2D eigenvalue weighted by atomic mass is 79.9. The van der Waals surface area contributed by atoms with Crippen molar-refractivity contribution in [2.24, 2.45) is 17.8 Å². The summed E-state index contributed by atoms with van der Waals surface area (Å²) in [6.07, 6.45) is 33.6. The Morgan fingerprint density at radius 1 is 0.487 bits per heavy atom. The summed E-state index contributed by atoms with van der Waals surface area (Å²) >= 11 is 23.0. The number of hydrogen-bond donors (Lipinski definition) is 1. The van der Waals surface area contributed by atoms with E-state index in [-0.39, 0.29) is 110 Å². The van der Waals surface area contributed by atoms with E-state index in [2.05, 4.69) is 183 Å². The van der Waals surface area contributed by atoms with Gasteiger partial charge < -0.3 is 47.9 Å². The molecule has 3 aromatic carbocycles. The van der Waals surface area contributed by atoms with E-state index in [1.54, 1.807) is 28.5 Å². The monoisotopic (exact) mass is 1760 g/mol. The number of rotatable bonds is 21. The zero-order valence-electron chi connectivity index (χ0n) is 75.2. The molecule has 119 heavy (non-hydrogen) atoms. The molecule has 0 radical (unpaired) electrons. The summed E-state index contributed by atoms with van der Waals surface area (Å²) < 4.78 is 34.0. The molecule has 0 bridgehead atoms. The number of carbonyl (C=O) groups excluding carboxylic acids is 5. The molecule has 4 saturated carbocycles. The summed E-state index contributed by atoms with van der Waals surface area (Å²) in [6, 6.07) is 18.2. The lowest BCUT2D eigenvalue weighted by atomic mass is 9.68. The first-order valence-electron chi connectivity index (χ1n) is 43.6. The standard InChI is InChI=1S/C26H34ClNO3.C24H30ClNO3.C20H25BrClNO3.C12H21BO2.C9H17BO2.C6H10/c1-5-31-25(30)12-13-28-17-22(18(2)3)26(4,16-24(28)29)21-11-10-20(23(27)15-21)14-19-8-6-7-9-19;1-16(2)20-15-26(11-10-23(28)29)22(27)14-24(20,3)19-9-8-18(21(25)13-19)12-17-6-4-5-7-17;1-5-26-19(25)8-9-23-12-15(13(2)3)20(4,11-18(23)24)14-6-7-16(21)17(22)10-14;1-11(2)12(3,4)15-13(14-11)9-10-7-5-6-8-10;1-6-7-10-11-8(2,3)9(4,5)12-10;1-6-4-2-3-5-6/h10-11,14-15,17-18H,5-9,12-13,16H2,1-4H3;8-9,12-13,15-16H,4-7,10-11,14H2,1-3H3,(H,28,29);6-7,10,12-13H,5,8-9,11H2,1-4H3;9H,5-8H2,1-4H3;6-7H,1-5H3;1-5H2/b;;;;7-6+;/t26-;24-;20-;;;/m000.../s1. The van der Waals surface area contributed by atoms with Gasteiger partial charge in [-0.2, -0.15) is 0 Å². The van der Waals surface area contributed by atoms with Gasteiger partial charge in [0, 0.05) is 88.3 Å². The predicted molar refractivity (Wildman–Crippen MR) is 491 cm³/mol. The van der Waals surface area contributed by atoms with Crippen LogP contribution in [0.1, 0.15) is 308 Å². The molecule has 1 N–H and O–H groups in total. The van der Waals surface area contributed by atoms with E-state index in [1.165, 1.54) is 105 Å². The molecular formula is C97H137B2BrCl3N3O13. The Labute approximate surface area is 737 Å². The molecule has 652 valence electrons. The molecule has 4 aliphatic carbocycles. The average Bonchev–Trinajstić information content (AvgIpc) is 1.74. The van der Waals surface area contributed by atoms with Crippen LogP contribution in [0, 0.1) is 17.8 Å². The molecule has 12 rings (SSSR count). The maximum Gasteiger partial charge on any atom is 0.487 e. The second kappa shape index (κ2) is 44.4. The summed E-state index contributed by atoms with van der Waals surface area (Å²) in [5.74, 6) is 3.34. The van der Waals surface area contributed by atoms with Crippen LogP contribution in [0.15, 0.2) is 141 Å². The van der Waals surface area contributed by atoms with Crippen LogP contribution in [0.3, 0.4) is 0 Å². The first kappa shape index (κ1) is 99.8. The van der Waals surface area contributed by atoms with Gasteiger partial charge in [-0.25, -0.2) is 0 Å². The molecule has 3 amide bonds. The zero-order valence-corrected chi connectivity index (χ0v) is 79.1. The fourth-order valence-corrected chi connectivity index (χ4v) is 17.7. The van der Waals surface area contributed by atoms with Gasteiger partial charge in [-0.15, -0.1) is 0 Å². The molecule has 5 aliphatic heterocycles. The minimum atomic E-state index is -0.899. The normalized spacial score (nSPS) is 22.9. The lowest BCUT2D eigenvalue weighted by molar-refractivity contribution is -0.145. The highest BCUT2D eigenvalue weighted by Crippen LogP contribution is 2.49. The molecule has 5 heterocycles. The third-order valence-corrected chi connectivity index (χ3v) is 27.2. The van der Waals surface area contributed by atoms with Crippen LogP contribution >= 0.6 is 50.7 Å². The van der Waals surface area contributed by atoms with Crippen molar-refractivity contribution in [3.8, 4) is 0 Å². The molecule has 0 spiro atoms. The first-order valence-corrected chi connectivity index (χ1v) is 45.5. The van der Waals surface area contributed by atoms with E-state index < -0.39 is 22.2 Å². The second-order valence-corrected chi connectivity index (χ2v) is 38.7. The Morgan fingerprint density at radius 3 is 1.09 bits per heavy atom. The van der Waals surface area contributed by atoms with Crippen molar-refractivity contribution < 1.29 is 62.0 Å². The molecular weight excluding hydrogens is 1620 g/mol. The predicted octanol–water partition coefficient (Wildman–Crippen LogP) is 24.6. The number of aliphatic carboxylic acids is 1. The molecule has 3 atom stereocenters. The number of esters is 2. The summed E-state index contributed by atoms with van der Waals surface area (Å²) in [7, 11) is -0.317. The quantitative estimate of drug-likeness (QED) is 0.0603. The van der Waals surface area contributed by atoms with Crippen molar-refractivity contribution in [1.29, 1.82) is 0 Å². The van der Waals surface area contributed by atoms with Gasteiger partial charge in [-0.05, 0) is 281 Å². The topological polar surface area (TPSA) is 188 Å². The Balaban J connectivity index is 0.000000208. The number of amides is 3. The number of carboxylic acids is 1. The fraction of sp³-hybridized carbons (Fsp3) is 0.588. The SMILES string of the molecule is C/C=C/B1OC(C)(C)C(C)(C)O1.C=C1CCCC1.CC(C)C1=CN(CCC(=O)O)C(=O)C[C@@]1(C)c1ccc(C=C2CCCC2)c(Cl)c1.CC1(C)OB(C=C2CCCC2)OC1(C)C.CCOC(=O)CCN1C=C(C(C)C)[C@](C)(c2ccc(Br)c(Cl)c2)CC1=O.CCOC(=O)CCN1C=C(C(C)C)[C@](C)(c2ccc(C=C3CCCC3)c(Cl)c2)CC1=O. The number of nitrogens with zero attached hydrogens (tertiary/aromatic N) is 3. The highest BCUT2D eigenvalue weighted by Gasteiger charge is 2.52. The van der Waals surface area contributed by atoms with Gasteiger partial charge >= 0.3 is 32.1 Å². The van der Waals surface area contributed by atoms with E-state index in [9.17, 15) is 28.8 Å². The first-order chi connectivity index (χ1) is 55.8. The van der Waals surface area contributed by atoms with Gasteiger partial charge in [-0.3, -0.25) is 28.8 Å². The highest BCUT2D eigenvalue weighted by molar-refractivity contribution is 9.10. The van der Waals surface area contributed by atoms with Crippen LogP contribution in [-0.2, 0) is 73.1 Å². The maximum atomic E-state index is 13.0. The van der Waals surface area contributed by atoms with E-state index in [4.69, 9.17) is 68.0 Å². The Bertz CT molecular complexity index is 4240. The molecule has 3 aromatic rings. The number of carbonyl (C=O) groups is 6. The molecule has 9 aliphatic rings. The Hall–Kier alpha value is -6.28. The van der Waals surface area contributed by atoms with Crippen molar-refractivity contribution in [1.82, 2.24) is 14.7 Å². The van der Waals surface area contributed by atoms with Crippen molar-refractivity contribution in [3.63, 3.8) is 0 Å². The van der Waals surface area contributed by atoms with Gasteiger partial charge in [0.05, 0.1) is 59.9 Å². The van der Waals surface area contributed by atoms with Crippen molar-refractivity contribution >= 4 is 113 Å². The lowest BCUT2D eigenvalue weighted by Gasteiger charge is -2.41. The number of carboxylic acid groups (broad SMARTS) is 1. The largest absolute Gasteiger partial charge is 0.487 e. The minimum absolute atomic E-state index is 0.000222. The molecule has 16 nitrogen and oxygen atoms in total. The third-order valence-electron chi connectivity index (χ3n) is 25.3. The van der Waals surface area contributed by atoms with Gasteiger partial charge in [0.2, 0.25) is 17.7 Å². The van der Waals surface area contributed by atoms with Crippen molar-refractivity contribution in [3.05, 3.63) is 184 Å². The zero-order chi connectivity index (χ0) is 88.2. The smallest absolute Gasteiger partial charge is 0.481 e.